The number of rotatable bonds is 3. The molecule has 1 saturated carbocycles. The number of hydrogen-bond donors (Lipinski definition) is 0. The Morgan fingerprint density at radius 1 is 1.00 bits per heavy atom. The third-order valence-electron chi connectivity index (χ3n) is 3.35. The third kappa shape index (κ3) is 2.64. The van der Waals surface area contributed by atoms with Crippen LogP contribution in [0.4, 0.5) is 0 Å². The van der Waals surface area contributed by atoms with Gasteiger partial charge < -0.3 is 4.74 Å². The number of carbonyl (C=O) groups excluding carboxylic acids is 1. The lowest BCUT2D eigenvalue weighted by atomic mass is 9.78. The summed E-state index contributed by atoms with van der Waals surface area (Å²) >= 11 is 5.85. The molecule has 0 N–H and O–H groups in total. The van der Waals surface area contributed by atoms with E-state index in [1.807, 2.05) is 36.4 Å². The van der Waals surface area contributed by atoms with Crippen molar-refractivity contribution in [3.63, 3.8) is 0 Å². The van der Waals surface area contributed by atoms with Crippen LogP contribution in [-0.2, 0) is 4.79 Å². The van der Waals surface area contributed by atoms with Crippen LogP contribution >= 0.6 is 11.6 Å². The van der Waals surface area contributed by atoms with Gasteiger partial charge in [0.2, 0.25) is 0 Å². The van der Waals surface area contributed by atoms with Crippen LogP contribution in [0.3, 0.4) is 0 Å². The number of halogens is 1. The molecule has 0 aromatic heterocycles. The van der Waals surface area contributed by atoms with E-state index in [2.05, 4.69) is 0 Å². The minimum absolute atomic E-state index is 0.302. The van der Waals surface area contributed by atoms with Crippen molar-refractivity contribution in [1.29, 1.82) is 0 Å². The Morgan fingerprint density at radius 2 is 1.68 bits per heavy atom. The number of Topliss-reactive ketones (excluding diaryl/α,β-unsaturated/α-hetero) is 1. The summed E-state index contributed by atoms with van der Waals surface area (Å²) < 4.78 is 5.89. The van der Waals surface area contributed by atoms with Crippen molar-refractivity contribution in [3.8, 4) is 11.5 Å². The molecule has 1 fully saturated rings. The maximum atomic E-state index is 11.1. The van der Waals surface area contributed by atoms with Crippen LogP contribution in [0.25, 0.3) is 0 Å². The molecule has 0 saturated heterocycles. The highest BCUT2D eigenvalue weighted by atomic mass is 35.5. The molecule has 2 nitrogen and oxygen atoms in total. The first kappa shape index (κ1) is 12.2. The van der Waals surface area contributed by atoms with Gasteiger partial charge in [0.15, 0.2) is 0 Å². The van der Waals surface area contributed by atoms with Crippen molar-refractivity contribution in [2.45, 2.75) is 18.8 Å². The first-order chi connectivity index (χ1) is 9.22. The van der Waals surface area contributed by atoms with Crippen molar-refractivity contribution in [3.05, 3.63) is 59.1 Å². The fourth-order valence-corrected chi connectivity index (χ4v) is 2.38. The normalized spacial score (nSPS) is 15.1. The van der Waals surface area contributed by atoms with Gasteiger partial charge in [0.25, 0.3) is 0 Å². The zero-order valence-corrected chi connectivity index (χ0v) is 11.1. The average molecular weight is 273 g/mol. The summed E-state index contributed by atoms with van der Waals surface area (Å²) in [5.74, 6) is 2.20. The molecule has 0 radical (unpaired) electrons. The Labute approximate surface area is 117 Å². The molecule has 1 aliphatic carbocycles. The Bertz CT molecular complexity index is 596. The van der Waals surface area contributed by atoms with Gasteiger partial charge in [-0.2, -0.15) is 0 Å². The van der Waals surface area contributed by atoms with Crippen LogP contribution in [0.15, 0.2) is 48.5 Å². The number of benzene rings is 2. The SMILES string of the molecule is O=C1CC(c2ccccc2Oc2ccc(Cl)cc2)C1. The number of carbonyl (C=O) groups is 1. The second-order valence-electron chi connectivity index (χ2n) is 4.74. The van der Waals surface area contributed by atoms with Gasteiger partial charge in [0.05, 0.1) is 0 Å². The Morgan fingerprint density at radius 3 is 2.37 bits per heavy atom. The molecule has 0 unspecified atom stereocenters. The molecule has 96 valence electrons. The van der Waals surface area contributed by atoms with E-state index in [0.717, 1.165) is 17.1 Å². The predicted molar refractivity (Wildman–Crippen MR) is 75.0 cm³/mol. The molecule has 3 heteroatoms. The van der Waals surface area contributed by atoms with Gasteiger partial charge in [-0.25, -0.2) is 0 Å². The second kappa shape index (κ2) is 5.06. The lowest BCUT2D eigenvalue weighted by molar-refractivity contribution is -0.124. The van der Waals surface area contributed by atoms with Crippen molar-refractivity contribution in [2.24, 2.45) is 0 Å². The molecule has 1 aliphatic rings. The molecule has 0 bridgehead atoms. The maximum absolute atomic E-state index is 11.1. The molecular weight excluding hydrogens is 260 g/mol. The molecule has 0 spiro atoms. The van der Waals surface area contributed by atoms with E-state index in [-0.39, 0.29) is 0 Å². The molecule has 0 aliphatic heterocycles. The van der Waals surface area contributed by atoms with Crippen LogP contribution in [-0.4, -0.2) is 5.78 Å². The summed E-state index contributed by atoms with van der Waals surface area (Å²) in [6, 6.07) is 15.2. The van der Waals surface area contributed by atoms with Gasteiger partial charge in [0.1, 0.15) is 17.3 Å². The molecule has 19 heavy (non-hydrogen) atoms. The Balaban J connectivity index is 1.84. The standard InChI is InChI=1S/C16H13ClO2/c17-12-5-7-14(8-6-12)19-16-4-2-1-3-15(16)11-9-13(18)10-11/h1-8,11H,9-10H2. The highest BCUT2D eigenvalue weighted by molar-refractivity contribution is 6.30. The van der Waals surface area contributed by atoms with E-state index in [1.54, 1.807) is 12.1 Å². The maximum Gasteiger partial charge on any atom is 0.134 e. The van der Waals surface area contributed by atoms with Gasteiger partial charge in [-0.1, -0.05) is 29.8 Å². The number of para-hydroxylation sites is 1. The van der Waals surface area contributed by atoms with Gasteiger partial charge in [-0.3, -0.25) is 4.79 Å². The molecule has 2 aromatic carbocycles. The largest absolute Gasteiger partial charge is 0.457 e. The predicted octanol–water partition coefficient (Wildman–Crippen LogP) is 4.58. The van der Waals surface area contributed by atoms with E-state index < -0.39 is 0 Å². The number of hydrogen-bond acceptors (Lipinski definition) is 2. The highest BCUT2D eigenvalue weighted by Crippen LogP contribution is 2.39. The van der Waals surface area contributed by atoms with Crippen LogP contribution in [0.5, 0.6) is 11.5 Å². The molecule has 0 amide bonds. The number of ketones is 1. The monoisotopic (exact) mass is 272 g/mol. The van der Waals surface area contributed by atoms with E-state index in [1.165, 1.54) is 0 Å². The lowest BCUT2D eigenvalue weighted by Gasteiger charge is -2.26. The minimum Gasteiger partial charge on any atom is -0.457 e. The summed E-state index contributed by atoms with van der Waals surface area (Å²) in [7, 11) is 0. The molecule has 0 atom stereocenters. The van der Waals surface area contributed by atoms with Crippen molar-refractivity contribution in [1.82, 2.24) is 0 Å². The fraction of sp³-hybridized carbons (Fsp3) is 0.188. The van der Waals surface area contributed by atoms with Crippen molar-refractivity contribution >= 4 is 17.4 Å². The summed E-state index contributed by atoms with van der Waals surface area (Å²) in [5, 5.41) is 0.685. The first-order valence-corrected chi connectivity index (χ1v) is 6.64. The van der Waals surface area contributed by atoms with E-state index in [0.29, 0.717) is 29.6 Å². The summed E-state index contributed by atoms with van der Waals surface area (Å²) in [6.07, 6.45) is 1.25. The zero-order valence-electron chi connectivity index (χ0n) is 10.3. The summed E-state index contributed by atoms with van der Waals surface area (Å²) in [4.78, 5) is 11.1. The smallest absolute Gasteiger partial charge is 0.134 e. The molecule has 0 heterocycles. The van der Waals surface area contributed by atoms with E-state index in [4.69, 9.17) is 16.3 Å². The third-order valence-corrected chi connectivity index (χ3v) is 3.60. The average Bonchev–Trinajstić information content (AvgIpc) is 2.39. The van der Waals surface area contributed by atoms with Crippen LogP contribution in [0, 0.1) is 0 Å². The van der Waals surface area contributed by atoms with Crippen LogP contribution in [0.2, 0.25) is 5.02 Å². The van der Waals surface area contributed by atoms with Gasteiger partial charge in [-0.05, 0) is 35.9 Å². The summed E-state index contributed by atoms with van der Waals surface area (Å²) in [5.41, 5.74) is 1.11. The van der Waals surface area contributed by atoms with Crippen molar-refractivity contribution < 1.29 is 9.53 Å². The molecular formula is C16H13ClO2. The Hall–Kier alpha value is -1.80. The topological polar surface area (TPSA) is 26.3 Å². The van der Waals surface area contributed by atoms with Crippen molar-refractivity contribution in [2.75, 3.05) is 0 Å². The Kier molecular flexibility index (Phi) is 3.26. The van der Waals surface area contributed by atoms with E-state index >= 15 is 0 Å². The zero-order chi connectivity index (χ0) is 13.2. The summed E-state index contributed by atoms with van der Waals surface area (Å²) in [6.45, 7) is 0. The first-order valence-electron chi connectivity index (χ1n) is 6.26. The van der Waals surface area contributed by atoms with Gasteiger partial charge in [-0.15, -0.1) is 0 Å². The second-order valence-corrected chi connectivity index (χ2v) is 5.17. The minimum atomic E-state index is 0.302. The van der Waals surface area contributed by atoms with E-state index in [9.17, 15) is 4.79 Å². The highest BCUT2D eigenvalue weighted by Gasteiger charge is 2.30. The number of ether oxygens (including phenoxy) is 1. The van der Waals surface area contributed by atoms with Crippen LogP contribution in [0.1, 0.15) is 24.3 Å². The fourth-order valence-electron chi connectivity index (χ4n) is 2.25. The lowest BCUT2D eigenvalue weighted by Crippen LogP contribution is -2.21. The van der Waals surface area contributed by atoms with Gasteiger partial charge >= 0.3 is 0 Å². The van der Waals surface area contributed by atoms with Gasteiger partial charge in [0, 0.05) is 23.8 Å². The van der Waals surface area contributed by atoms with Crippen LogP contribution < -0.4 is 4.74 Å². The quantitative estimate of drug-likeness (QED) is 0.817. The molecule has 2 aromatic rings. The molecule has 3 rings (SSSR count).